The van der Waals surface area contributed by atoms with Crippen molar-refractivity contribution >= 4 is 23.9 Å². The van der Waals surface area contributed by atoms with Gasteiger partial charge in [-0.15, -0.1) is 0 Å². The zero-order chi connectivity index (χ0) is 27.3. The molecule has 8 nitrogen and oxygen atoms in total. The van der Waals surface area contributed by atoms with Gasteiger partial charge in [0.15, 0.2) is 0 Å². The summed E-state index contributed by atoms with van der Waals surface area (Å²) in [7, 11) is 0. The fourth-order valence-electron chi connectivity index (χ4n) is 3.09. The van der Waals surface area contributed by atoms with Crippen molar-refractivity contribution in [1.82, 2.24) is 0 Å². The van der Waals surface area contributed by atoms with Crippen LogP contribution in [0.1, 0.15) is 80.1 Å². The molecule has 202 valence electrons. The van der Waals surface area contributed by atoms with E-state index < -0.39 is 23.9 Å². The van der Waals surface area contributed by atoms with Crippen LogP contribution >= 0.6 is 0 Å². The highest BCUT2D eigenvalue weighted by atomic mass is 16.5. The minimum atomic E-state index is -0.541. The molecule has 0 unspecified atom stereocenters. The van der Waals surface area contributed by atoms with Crippen LogP contribution in [0, 0.1) is 0 Å². The first-order valence-corrected chi connectivity index (χ1v) is 12.7. The van der Waals surface area contributed by atoms with E-state index in [1.807, 2.05) is 12.2 Å². The Bertz CT molecular complexity index is 776. The molecule has 0 heterocycles. The average Bonchev–Trinajstić information content (AvgIpc) is 2.84. The third-order valence-electron chi connectivity index (χ3n) is 5.02. The van der Waals surface area contributed by atoms with Crippen molar-refractivity contribution in [2.24, 2.45) is 0 Å². The van der Waals surface area contributed by atoms with E-state index in [2.05, 4.69) is 0 Å². The van der Waals surface area contributed by atoms with Crippen molar-refractivity contribution in [2.75, 3.05) is 26.4 Å². The zero-order valence-corrected chi connectivity index (χ0v) is 22.6. The average molecular weight is 507 g/mol. The Balaban J connectivity index is 4.74. The summed E-state index contributed by atoms with van der Waals surface area (Å²) >= 11 is 0. The second-order valence-corrected chi connectivity index (χ2v) is 7.76. The molecular weight excluding hydrogens is 464 g/mol. The Morgan fingerprint density at radius 2 is 0.806 bits per heavy atom. The summed E-state index contributed by atoms with van der Waals surface area (Å²) in [6.45, 7) is 10.9. The Kier molecular flexibility index (Phi) is 18.3. The van der Waals surface area contributed by atoms with Crippen LogP contribution in [0.2, 0.25) is 0 Å². The molecule has 0 bridgehead atoms. The molecule has 0 rings (SSSR count). The fourth-order valence-corrected chi connectivity index (χ4v) is 3.09. The lowest BCUT2D eigenvalue weighted by atomic mass is 10.1. The van der Waals surface area contributed by atoms with Gasteiger partial charge in [-0.3, -0.25) is 0 Å². The summed E-state index contributed by atoms with van der Waals surface area (Å²) in [6.07, 6.45) is 12.3. The number of hydrogen-bond acceptors (Lipinski definition) is 8. The van der Waals surface area contributed by atoms with E-state index >= 15 is 0 Å². The van der Waals surface area contributed by atoms with Crippen LogP contribution in [-0.2, 0) is 38.1 Å². The monoisotopic (exact) mass is 506 g/mol. The number of hydrogen-bond donors (Lipinski definition) is 0. The van der Waals surface area contributed by atoms with Crippen LogP contribution in [0.4, 0.5) is 0 Å². The van der Waals surface area contributed by atoms with E-state index in [0.717, 1.165) is 38.5 Å². The predicted octanol–water partition coefficient (Wildman–Crippen LogP) is 5.32. The summed E-state index contributed by atoms with van der Waals surface area (Å²) < 4.78 is 20.1. The highest BCUT2D eigenvalue weighted by Gasteiger charge is 2.18. The van der Waals surface area contributed by atoms with Gasteiger partial charge in [-0.05, 0) is 67.2 Å². The van der Waals surface area contributed by atoms with Crippen molar-refractivity contribution in [1.29, 1.82) is 0 Å². The van der Waals surface area contributed by atoms with Gasteiger partial charge >= 0.3 is 23.9 Å². The van der Waals surface area contributed by atoms with Crippen LogP contribution in [0.15, 0.2) is 46.6 Å². The zero-order valence-electron chi connectivity index (χ0n) is 22.6. The maximum absolute atomic E-state index is 12.2. The summed E-state index contributed by atoms with van der Waals surface area (Å²) in [5.41, 5.74) is 0.883. The third-order valence-corrected chi connectivity index (χ3v) is 5.02. The van der Waals surface area contributed by atoms with Gasteiger partial charge in [0.1, 0.15) is 0 Å². The number of esters is 4. The highest BCUT2D eigenvalue weighted by molar-refractivity contribution is 6.02. The number of ether oxygens (including phenoxy) is 4. The predicted molar refractivity (Wildman–Crippen MR) is 138 cm³/mol. The van der Waals surface area contributed by atoms with Crippen LogP contribution in [0.5, 0.6) is 0 Å². The number of carbonyl (C=O) groups excluding carboxylic acids is 4. The summed E-state index contributed by atoms with van der Waals surface area (Å²) in [5, 5.41) is 0. The van der Waals surface area contributed by atoms with Crippen molar-refractivity contribution in [3.63, 3.8) is 0 Å². The van der Waals surface area contributed by atoms with E-state index in [-0.39, 0.29) is 48.7 Å². The smallest absolute Gasteiger partial charge is 0.338 e. The third kappa shape index (κ3) is 13.1. The summed E-state index contributed by atoms with van der Waals surface area (Å²) in [5.74, 6) is -2.14. The normalized spacial score (nSPS) is 12.7. The van der Waals surface area contributed by atoms with Crippen molar-refractivity contribution in [3.8, 4) is 0 Å². The lowest BCUT2D eigenvalue weighted by molar-refractivity contribution is -0.141. The molecule has 0 aliphatic carbocycles. The molecule has 36 heavy (non-hydrogen) atoms. The van der Waals surface area contributed by atoms with E-state index in [1.54, 1.807) is 53.7 Å². The van der Waals surface area contributed by atoms with Crippen LogP contribution in [-0.4, -0.2) is 50.3 Å². The molecule has 0 N–H and O–H groups in total. The molecule has 0 aromatic heterocycles. The molecule has 0 saturated heterocycles. The molecule has 0 fully saturated rings. The molecule has 0 atom stereocenters. The molecule has 8 heteroatoms. The van der Waals surface area contributed by atoms with Crippen LogP contribution in [0.25, 0.3) is 0 Å². The lowest BCUT2D eigenvalue weighted by Crippen LogP contribution is -2.14. The molecule has 0 spiro atoms. The number of unbranched alkanes of at least 4 members (excludes halogenated alkanes) is 5. The largest absolute Gasteiger partial charge is 0.463 e. The first kappa shape index (κ1) is 32.8. The number of rotatable bonds is 17. The maximum Gasteiger partial charge on any atom is 0.338 e. The SMILES string of the molecule is CCOC(=O)/C(C)=C(/C=C/CCCCCC/C=C/C(C(=O)OCC)=C(\C)C(=O)OCC)C(=O)OCC. The van der Waals surface area contributed by atoms with Gasteiger partial charge in [-0.25, -0.2) is 19.2 Å². The Labute approximate surface area is 215 Å². The molecule has 0 amide bonds. The molecule has 0 aromatic carbocycles. The van der Waals surface area contributed by atoms with E-state index in [9.17, 15) is 19.2 Å². The highest BCUT2D eigenvalue weighted by Crippen LogP contribution is 2.14. The second kappa shape index (κ2) is 20.1. The second-order valence-electron chi connectivity index (χ2n) is 7.76. The van der Waals surface area contributed by atoms with Gasteiger partial charge in [0.05, 0.1) is 37.6 Å². The molecule has 0 radical (unpaired) electrons. The van der Waals surface area contributed by atoms with Gasteiger partial charge < -0.3 is 18.9 Å². The Hall–Kier alpha value is -3.16. The van der Waals surface area contributed by atoms with Crippen molar-refractivity contribution < 1.29 is 38.1 Å². The molecule has 0 aliphatic rings. The number of allylic oxidation sites excluding steroid dienone is 2. The molecule has 0 aliphatic heterocycles. The van der Waals surface area contributed by atoms with Crippen molar-refractivity contribution in [3.05, 3.63) is 46.6 Å². The Morgan fingerprint density at radius 3 is 1.11 bits per heavy atom. The molecule has 0 aromatic rings. The molecule has 0 saturated carbocycles. The van der Waals surface area contributed by atoms with Gasteiger partial charge in [0, 0.05) is 11.1 Å². The summed E-state index contributed by atoms with van der Waals surface area (Å²) in [6, 6.07) is 0. The van der Waals surface area contributed by atoms with Gasteiger partial charge in [-0.1, -0.05) is 37.1 Å². The van der Waals surface area contributed by atoms with E-state index in [0.29, 0.717) is 0 Å². The van der Waals surface area contributed by atoms with Gasteiger partial charge in [0.2, 0.25) is 0 Å². The van der Waals surface area contributed by atoms with Crippen LogP contribution in [0.3, 0.4) is 0 Å². The number of carbonyl (C=O) groups is 4. The minimum absolute atomic E-state index is 0.212. The minimum Gasteiger partial charge on any atom is -0.463 e. The van der Waals surface area contributed by atoms with Crippen LogP contribution < -0.4 is 0 Å². The Morgan fingerprint density at radius 1 is 0.500 bits per heavy atom. The first-order valence-electron chi connectivity index (χ1n) is 12.7. The van der Waals surface area contributed by atoms with E-state index in [4.69, 9.17) is 18.9 Å². The maximum atomic E-state index is 12.2. The van der Waals surface area contributed by atoms with Crippen molar-refractivity contribution in [2.45, 2.75) is 80.1 Å². The topological polar surface area (TPSA) is 105 Å². The molecular formula is C28H42O8. The lowest BCUT2D eigenvalue weighted by Gasteiger charge is -2.08. The van der Waals surface area contributed by atoms with Gasteiger partial charge in [0.25, 0.3) is 0 Å². The van der Waals surface area contributed by atoms with Gasteiger partial charge in [-0.2, -0.15) is 0 Å². The summed E-state index contributed by atoms with van der Waals surface area (Å²) in [4.78, 5) is 48.4. The fraction of sp³-hybridized carbons (Fsp3) is 0.571. The first-order chi connectivity index (χ1) is 17.2. The van der Waals surface area contributed by atoms with E-state index in [1.165, 1.54) is 0 Å². The standard InChI is InChI=1S/C28H42O8/c1-7-33-25(29)21(5)23(27(31)35-9-3)19-17-15-13-11-12-14-16-18-20-24(28(32)36-10-4)22(6)26(30)34-8-2/h17-20H,7-16H2,1-6H3/b19-17+,20-18+,23-21-,24-22-. The quantitative estimate of drug-likeness (QED) is 0.0857.